The lowest BCUT2D eigenvalue weighted by Gasteiger charge is -2.43. The SMILES string of the molecule is N#Cc1cccc(C(=O)NC[C@@]2(N3CCOCC3)CCSC2)c1. The first-order valence-corrected chi connectivity index (χ1v) is 9.08. The third-order valence-corrected chi connectivity index (χ3v) is 5.83. The van der Waals surface area contributed by atoms with Crippen LogP contribution in [0.25, 0.3) is 0 Å². The number of hydrogen-bond donors (Lipinski definition) is 1. The van der Waals surface area contributed by atoms with Crippen molar-refractivity contribution >= 4 is 17.7 Å². The lowest BCUT2D eigenvalue weighted by Crippen LogP contribution is -2.59. The van der Waals surface area contributed by atoms with Crippen LogP contribution in [-0.4, -0.2) is 60.7 Å². The second-order valence-corrected chi connectivity index (χ2v) is 7.11. The van der Waals surface area contributed by atoms with Gasteiger partial charge in [0.1, 0.15) is 0 Å². The van der Waals surface area contributed by atoms with E-state index in [9.17, 15) is 4.79 Å². The molecule has 1 N–H and O–H groups in total. The van der Waals surface area contributed by atoms with E-state index in [0.29, 0.717) is 17.7 Å². The molecule has 1 atom stereocenters. The Morgan fingerprint density at radius 1 is 1.43 bits per heavy atom. The molecule has 122 valence electrons. The average molecular weight is 331 g/mol. The molecule has 0 aromatic heterocycles. The lowest BCUT2D eigenvalue weighted by atomic mass is 9.95. The highest BCUT2D eigenvalue weighted by atomic mass is 32.2. The first kappa shape index (κ1) is 16.3. The van der Waals surface area contributed by atoms with Crippen LogP contribution in [0.15, 0.2) is 24.3 Å². The van der Waals surface area contributed by atoms with E-state index in [1.807, 2.05) is 11.8 Å². The van der Waals surface area contributed by atoms with Gasteiger partial charge in [-0.2, -0.15) is 17.0 Å². The van der Waals surface area contributed by atoms with Gasteiger partial charge in [0.2, 0.25) is 0 Å². The molecule has 0 unspecified atom stereocenters. The van der Waals surface area contributed by atoms with Crippen molar-refractivity contribution in [3.8, 4) is 6.07 Å². The van der Waals surface area contributed by atoms with Crippen molar-refractivity contribution in [3.05, 3.63) is 35.4 Å². The van der Waals surface area contributed by atoms with Crippen LogP contribution >= 0.6 is 11.8 Å². The number of carbonyl (C=O) groups excluding carboxylic acids is 1. The van der Waals surface area contributed by atoms with E-state index >= 15 is 0 Å². The van der Waals surface area contributed by atoms with Gasteiger partial charge in [-0.05, 0) is 30.4 Å². The highest BCUT2D eigenvalue weighted by Gasteiger charge is 2.40. The molecular formula is C17H21N3O2S. The number of nitrogens with one attached hydrogen (secondary N) is 1. The van der Waals surface area contributed by atoms with Gasteiger partial charge in [0.25, 0.3) is 5.91 Å². The first-order valence-electron chi connectivity index (χ1n) is 7.92. The zero-order valence-electron chi connectivity index (χ0n) is 13.1. The Balaban J connectivity index is 1.66. The predicted molar refractivity (Wildman–Crippen MR) is 90.6 cm³/mol. The number of nitriles is 1. The average Bonchev–Trinajstić information content (AvgIpc) is 3.11. The number of rotatable bonds is 4. The van der Waals surface area contributed by atoms with Gasteiger partial charge in [-0.3, -0.25) is 9.69 Å². The van der Waals surface area contributed by atoms with Gasteiger partial charge in [0.15, 0.2) is 0 Å². The van der Waals surface area contributed by atoms with Crippen LogP contribution in [0.1, 0.15) is 22.3 Å². The summed E-state index contributed by atoms with van der Waals surface area (Å²) in [4.78, 5) is 14.9. The smallest absolute Gasteiger partial charge is 0.251 e. The summed E-state index contributed by atoms with van der Waals surface area (Å²) < 4.78 is 5.46. The van der Waals surface area contributed by atoms with Crippen molar-refractivity contribution in [2.24, 2.45) is 0 Å². The largest absolute Gasteiger partial charge is 0.379 e. The van der Waals surface area contributed by atoms with Crippen molar-refractivity contribution in [1.82, 2.24) is 10.2 Å². The van der Waals surface area contributed by atoms with Crippen LogP contribution in [0.3, 0.4) is 0 Å². The van der Waals surface area contributed by atoms with E-state index in [-0.39, 0.29) is 11.4 Å². The minimum Gasteiger partial charge on any atom is -0.379 e. The maximum absolute atomic E-state index is 12.4. The molecule has 2 fully saturated rings. The van der Waals surface area contributed by atoms with Gasteiger partial charge in [-0.25, -0.2) is 0 Å². The fourth-order valence-corrected chi connectivity index (χ4v) is 4.69. The molecule has 0 saturated carbocycles. The summed E-state index contributed by atoms with van der Waals surface area (Å²) in [6.07, 6.45) is 1.09. The fourth-order valence-electron chi connectivity index (χ4n) is 3.21. The van der Waals surface area contributed by atoms with Crippen LogP contribution in [0.2, 0.25) is 0 Å². The van der Waals surface area contributed by atoms with E-state index in [1.54, 1.807) is 24.3 Å². The van der Waals surface area contributed by atoms with Gasteiger partial charge in [-0.15, -0.1) is 0 Å². The number of amides is 1. The van der Waals surface area contributed by atoms with E-state index in [2.05, 4.69) is 16.3 Å². The zero-order chi connectivity index (χ0) is 16.1. The number of morpholine rings is 1. The van der Waals surface area contributed by atoms with E-state index < -0.39 is 0 Å². The molecule has 6 heteroatoms. The van der Waals surface area contributed by atoms with E-state index in [1.165, 1.54) is 0 Å². The fraction of sp³-hybridized carbons (Fsp3) is 0.529. The first-order chi connectivity index (χ1) is 11.2. The summed E-state index contributed by atoms with van der Waals surface area (Å²) in [7, 11) is 0. The van der Waals surface area contributed by atoms with Gasteiger partial charge in [0.05, 0.1) is 24.8 Å². The van der Waals surface area contributed by atoms with Crippen LogP contribution in [-0.2, 0) is 4.74 Å². The quantitative estimate of drug-likeness (QED) is 0.906. The van der Waals surface area contributed by atoms with Crippen LogP contribution in [0.5, 0.6) is 0 Å². The summed E-state index contributed by atoms with van der Waals surface area (Å²) >= 11 is 1.95. The predicted octanol–water partition coefficient (Wildman–Crippen LogP) is 1.50. The minimum absolute atomic E-state index is 0.0386. The minimum atomic E-state index is -0.105. The van der Waals surface area contributed by atoms with E-state index in [4.69, 9.17) is 10.00 Å². The van der Waals surface area contributed by atoms with Gasteiger partial charge < -0.3 is 10.1 Å². The normalized spacial score (nSPS) is 25.0. The van der Waals surface area contributed by atoms with Crippen molar-refractivity contribution < 1.29 is 9.53 Å². The Kier molecular flexibility index (Phi) is 5.21. The molecule has 0 aliphatic carbocycles. The summed E-state index contributed by atoms with van der Waals surface area (Å²) in [5.41, 5.74) is 1.10. The molecule has 2 aliphatic heterocycles. The number of nitrogens with zero attached hydrogens (tertiary/aromatic N) is 2. The molecule has 1 amide bonds. The van der Waals surface area contributed by atoms with Gasteiger partial charge >= 0.3 is 0 Å². The zero-order valence-corrected chi connectivity index (χ0v) is 13.9. The molecule has 23 heavy (non-hydrogen) atoms. The summed E-state index contributed by atoms with van der Waals surface area (Å²) in [5, 5.41) is 12.0. The maximum atomic E-state index is 12.4. The third kappa shape index (κ3) is 3.69. The summed E-state index contributed by atoms with van der Waals surface area (Å²) in [5.74, 6) is 2.08. The summed E-state index contributed by atoms with van der Waals surface area (Å²) in [6.45, 7) is 4.05. The Bertz CT molecular complexity index is 602. The van der Waals surface area contributed by atoms with Gasteiger partial charge in [-0.1, -0.05) is 6.07 Å². The van der Waals surface area contributed by atoms with E-state index in [0.717, 1.165) is 44.2 Å². The second-order valence-electron chi connectivity index (χ2n) is 6.00. The van der Waals surface area contributed by atoms with Crippen molar-refractivity contribution in [2.75, 3.05) is 44.4 Å². The third-order valence-electron chi connectivity index (χ3n) is 4.60. The topological polar surface area (TPSA) is 65.4 Å². The number of ether oxygens (including phenoxy) is 1. The van der Waals surface area contributed by atoms with Crippen LogP contribution in [0, 0.1) is 11.3 Å². The standard InChI is InChI=1S/C17H21N3O2S/c18-11-14-2-1-3-15(10-14)16(21)19-12-17(4-9-23-13-17)20-5-7-22-8-6-20/h1-3,10H,4-9,12-13H2,(H,19,21)/t17-/m0/s1. The molecule has 2 heterocycles. The lowest BCUT2D eigenvalue weighted by molar-refractivity contribution is -0.0129. The number of carbonyl (C=O) groups is 1. The molecule has 5 nitrogen and oxygen atoms in total. The highest BCUT2D eigenvalue weighted by Crippen LogP contribution is 2.33. The molecule has 0 radical (unpaired) electrons. The van der Waals surface area contributed by atoms with Crippen molar-refractivity contribution in [1.29, 1.82) is 5.26 Å². The van der Waals surface area contributed by atoms with Crippen LogP contribution < -0.4 is 5.32 Å². The molecule has 2 saturated heterocycles. The Morgan fingerprint density at radius 2 is 2.26 bits per heavy atom. The van der Waals surface area contributed by atoms with Crippen molar-refractivity contribution in [3.63, 3.8) is 0 Å². The number of thioether (sulfide) groups is 1. The monoisotopic (exact) mass is 331 g/mol. The van der Waals surface area contributed by atoms with Crippen molar-refractivity contribution in [2.45, 2.75) is 12.0 Å². The maximum Gasteiger partial charge on any atom is 0.251 e. The number of hydrogen-bond acceptors (Lipinski definition) is 5. The number of benzene rings is 1. The highest BCUT2D eigenvalue weighted by molar-refractivity contribution is 7.99. The Hall–Kier alpha value is -1.55. The van der Waals surface area contributed by atoms with Gasteiger partial charge in [0, 0.05) is 36.5 Å². The molecule has 3 rings (SSSR count). The molecule has 2 aliphatic rings. The molecule has 0 bridgehead atoms. The molecule has 1 aromatic rings. The molecule has 0 spiro atoms. The second kappa shape index (κ2) is 7.35. The Morgan fingerprint density at radius 3 is 2.96 bits per heavy atom. The Labute approximate surface area is 141 Å². The van der Waals surface area contributed by atoms with Crippen LogP contribution in [0.4, 0.5) is 0 Å². The summed E-state index contributed by atoms with van der Waals surface area (Å²) in [6, 6.07) is 8.92. The molecule has 1 aromatic carbocycles. The molecular weight excluding hydrogens is 310 g/mol.